The molecular weight excluding hydrogens is 652 g/mol. The van der Waals surface area contributed by atoms with Gasteiger partial charge in [0, 0.05) is 32.6 Å². The lowest BCUT2D eigenvalue weighted by molar-refractivity contribution is -0.307. The molecule has 50 heavy (non-hydrogen) atoms. The highest BCUT2D eigenvalue weighted by Gasteiger charge is 2.57. The van der Waals surface area contributed by atoms with Gasteiger partial charge in [-0.15, -0.1) is 0 Å². The Morgan fingerprint density at radius 3 is 2.30 bits per heavy atom. The summed E-state index contributed by atoms with van der Waals surface area (Å²) in [6.07, 6.45) is -4.18. The zero-order valence-electron chi connectivity index (χ0n) is 32.5. The number of likely N-dealkylation sites (N-methyl/N-ethyl adjacent to an activating group) is 1. The Hall–Kier alpha value is -2.07. The van der Waals surface area contributed by atoms with Gasteiger partial charge in [-0.1, -0.05) is 20.8 Å². The Morgan fingerprint density at radius 1 is 1.04 bits per heavy atom. The number of nitrogens with one attached hydrogen (secondary N) is 1. The number of esters is 2. The molecular formula is C36H64N2O12. The number of ether oxygens (including phenoxy) is 9. The van der Waals surface area contributed by atoms with Crippen LogP contribution in [-0.4, -0.2) is 130 Å². The van der Waals surface area contributed by atoms with Gasteiger partial charge in [0.2, 0.25) is 0 Å². The quantitative estimate of drug-likeness (QED) is 0.197. The van der Waals surface area contributed by atoms with E-state index in [1.807, 2.05) is 60.5 Å². The van der Waals surface area contributed by atoms with E-state index in [9.17, 15) is 14.4 Å². The zero-order valence-corrected chi connectivity index (χ0v) is 32.5. The van der Waals surface area contributed by atoms with E-state index in [-0.39, 0.29) is 30.9 Å². The molecule has 0 aromatic rings. The van der Waals surface area contributed by atoms with E-state index in [1.165, 1.54) is 14.0 Å². The van der Waals surface area contributed by atoms with Crippen LogP contribution in [0.3, 0.4) is 0 Å². The molecule has 14 heteroatoms. The van der Waals surface area contributed by atoms with Crippen LogP contribution in [-0.2, 0) is 52.2 Å². The Kier molecular flexibility index (Phi) is 15.3. The normalized spacial score (nSPS) is 42.0. The highest BCUT2D eigenvalue weighted by atomic mass is 16.8. The molecule has 0 aromatic heterocycles. The number of nitrogens with zero attached hydrogens (tertiary/aromatic N) is 1. The summed E-state index contributed by atoms with van der Waals surface area (Å²) in [4.78, 5) is 41.1. The largest absolute Gasteiger partial charge is 0.509 e. The molecule has 14 nitrogen and oxygen atoms in total. The summed E-state index contributed by atoms with van der Waals surface area (Å²) in [7, 11) is 5.39. The third-order valence-electron chi connectivity index (χ3n) is 10.5. The van der Waals surface area contributed by atoms with Gasteiger partial charge >= 0.3 is 18.1 Å². The van der Waals surface area contributed by atoms with E-state index in [2.05, 4.69) is 12.2 Å². The molecule has 3 fully saturated rings. The first-order chi connectivity index (χ1) is 23.4. The van der Waals surface area contributed by atoms with Crippen LogP contribution >= 0.6 is 0 Å². The molecule has 3 aliphatic rings. The van der Waals surface area contributed by atoms with Gasteiger partial charge in [0.05, 0.1) is 35.9 Å². The summed E-state index contributed by atoms with van der Waals surface area (Å²) < 4.78 is 55.2. The predicted molar refractivity (Wildman–Crippen MR) is 183 cm³/mol. The second-order valence-corrected chi connectivity index (χ2v) is 15.1. The molecule has 0 unspecified atom stereocenters. The zero-order chi connectivity index (χ0) is 37.6. The van der Waals surface area contributed by atoms with Gasteiger partial charge in [-0.25, -0.2) is 4.79 Å². The average molecular weight is 717 g/mol. The van der Waals surface area contributed by atoms with Gasteiger partial charge in [-0.3, -0.25) is 9.59 Å². The van der Waals surface area contributed by atoms with Crippen molar-refractivity contribution in [2.75, 3.05) is 41.1 Å². The number of hydrogen-bond acceptors (Lipinski definition) is 14. The average Bonchev–Trinajstić information content (AvgIpc) is 3.35. The lowest BCUT2D eigenvalue weighted by atomic mass is 9.77. The number of rotatable bonds is 10. The van der Waals surface area contributed by atoms with Gasteiger partial charge in [0.25, 0.3) is 0 Å². The Morgan fingerprint density at radius 2 is 1.72 bits per heavy atom. The molecule has 1 N–H and O–H groups in total. The van der Waals surface area contributed by atoms with Crippen LogP contribution in [0.2, 0.25) is 0 Å². The summed E-state index contributed by atoms with van der Waals surface area (Å²) in [5, 5.41) is 3.54. The Labute approximate surface area is 298 Å². The Balaban J connectivity index is 2.17. The van der Waals surface area contributed by atoms with Crippen molar-refractivity contribution in [1.82, 2.24) is 10.2 Å². The van der Waals surface area contributed by atoms with Crippen molar-refractivity contribution in [2.45, 2.75) is 155 Å². The predicted octanol–water partition coefficient (Wildman–Crippen LogP) is 4.06. The van der Waals surface area contributed by atoms with Crippen molar-refractivity contribution >= 4 is 18.1 Å². The SMILES string of the molecule is CCO[C@]1(C)C[C@@H](C)CN[C@H](C)[C@H]2OC(=O)O[C@]2(C)[C@@H](CC)OC(=O)[C@H](C)[C@@H](OCOC)[C@H](C)[C@H]1O[C@@H]1O[C@H](C)C[C@H](N(C)C)[C@H]1OC(C)=O. The molecule has 3 heterocycles. The summed E-state index contributed by atoms with van der Waals surface area (Å²) >= 11 is 0. The minimum absolute atomic E-state index is 0.0299. The molecule has 0 aromatic carbocycles. The molecule has 0 amide bonds. The monoisotopic (exact) mass is 716 g/mol. The summed E-state index contributed by atoms with van der Waals surface area (Å²) in [5.41, 5.74) is -2.18. The van der Waals surface area contributed by atoms with Crippen molar-refractivity contribution < 1.29 is 57.0 Å². The van der Waals surface area contributed by atoms with E-state index in [0.717, 1.165) is 0 Å². The maximum Gasteiger partial charge on any atom is 0.509 e. The van der Waals surface area contributed by atoms with Crippen molar-refractivity contribution in [3.05, 3.63) is 0 Å². The van der Waals surface area contributed by atoms with Crippen LogP contribution in [0.15, 0.2) is 0 Å². The highest BCUT2D eigenvalue weighted by Crippen LogP contribution is 2.40. The maximum atomic E-state index is 14.1. The van der Waals surface area contributed by atoms with E-state index in [1.54, 1.807) is 13.8 Å². The molecule has 0 bridgehead atoms. The fraction of sp³-hybridized carbons (Fsp3) is 0.917. The highest BCUT2D eigenvalue weighted by molar-refractivity contribution is 5.73. The van der Waals surface area contributed by atoms with E-state index < -0.39 is 77.9 Å². The molecule has 0 aliphatic carbocycles. The number of carbonyl (C=O) groups is 3. The third-order valence-corrected chi connectivity index (χ3v) is 10.5. The van der Waals surface area contributed by atoms with Gasteiger partial charge in [0.15, 0.2) is 24.1 Å². The van der Waals surface area contributed by atoms with Crippen LogP contribution in [0, 0.1) is 17.8 Å². The minimum atomic E-state index is -1.24. The van der Waals surface area contributed by atoms with Gasteiger partial charge in [0.1, 0.15) is 12.9 Å². The van der Waals surface area contributed by atoms with Crippen LogP contribution in [0.5, 0.6) is 0 Å². The molecule has 3 saturated heterocycles. The first kappa shape index (κ1) is 42.3. The Bertz CT molecular complexity index is 1130. The fourth-order valence-corrected chi connectivity index (χ4v) is 8.16. The standard InChI is InChI=1S/C36H64N2O12/c1-14-27-36(10)31(49-34(41)50-36)24(7)37-18-20(3)17-35(9,44-15-2)30(22(5)28(43-19-42-13)23(6)32(40)47-27)48-33-29(46-25(8)39)26(38(11)12)16-21(4)45-33/h20-24,26-31,33,37H,14-19H2,1-13H3/t20-,21-,22+,23-,24-,26+,27-,28+,29-,30-,31-,33+,35-,36-/m1/s1. The molecule has 0 radical (unpaired) electrons. The van der Waals surface area contributed by atoms with E-state index in [4.69, 9.17) is 42.6 Å². The second-order valence-electron chi connectivity index (χ2n) is 15.1. The first-order valence-electron chi connectivity index (χ1n) is 18.1. The topological polar surface area (TPSA) is 150 Å². The van der Waals surface area contributed by atoms with Crippen LogP contribution in [0.25, 0.3) is 0 Å². The molecule has 0 saturated carbocycles. The van der Waals surface area contributed by atoms with Crippen molar-refractivity contribution in [3.8, 4) is 0 Å². The summed E-state index contributed by atoms with van der Waals surface area (Å²) in [6.45, 7) is 19.4. The number of cyclic esters (lactones) is 1. The number of methoxy groups -OCH3 is 1. The van der Waals surface area contributed by atoms with Crippen LogP contribution in [0.1, 0.15) is 88.5 Å². The van der Waals surface area contributed by atoms with Crippen molar-refractivity contribution in [2.24, 2.45) is 17.8 Å². The molecule has 3 aliphatic heterocycles. The molecule has 0 spiro atoms. The smallest absolute Gasteiger partial charge is 0.458 e. The lowest BCUT2D eigenvalue weighted by Gasteiger charge is -2.49. The fourth-order valence-electron chi connectivity index (χ4n) is 8.16. The first-order valence-corrected chi connectivity index (χ1v) is 18.1. The number of fused-ring (bicyclic) bond motifs is 1. The molecule has 14 atom stereocenters. The molecule has 3 rings (SSSR count). The van der Waals surface area contributed by atoms with Crippen molar-refractivity contribution in [1.29, 1.82) is 0 Å². The number of carbonyl (C=O) groups excluding carboxylic acids is 3. The summed E-state index contributed by atoms with van der Waals surface area (Å²) in [5.74, 6) is -2.29. The van der Waals surface area contributed by atoms with Crippen LogP contribution in [0.4, 0.5) is 4.79 Å². The van der Waals surface area contributed by atoms with Gasteiger partial charge in [-0.2, -0.15) is 0 Å². The van der Waals surface area contributed by atoms with E-state index >= 15 is 0 Å². The van der Waals surface area contributed by atoms with Gasteiger partial charge < -0.3 is 52.8 Å². The summed E-state index contributed by atoms with van der Waals surface area (Å²) in [6, 6.07) is -0.512. The number of hydrogen-bond donors (Lipinski definition) is 1. The third kappa shape index (κ3) is 9.87. The van der Waals surface area contributed by atoms with Gasteiger partial charge in [-0.05, 0) is 87.4 Å². The lowest BCUT2D eigenvalue weighted by Crippen LogP contribution is -2.60. The molecule has 290 valence electrons. The second kappa shape index (κ2) is 18.1. The van der Waals surface area contributed by atoms with E-state index in [0.29, 0.717) is 32.4 Å². The van der Waals surface area contributed by atoms with Crippen LogP contribution < -0.4 is 5.32 Å². The maximum absolute atomic E-state index is 14.1. The minimum Gasteiger partial charge on any atom is -0.458 e. The van der Waals surface area contributed by atoms with Crippen molar-refractivity contribution in [3.63, 3.8) is 0 Å².